The fourth-order valence-electron chi connectivity index (χ4n) is 0. The maximum Gasteiger partial charge on any atom is 3.00 e. The molecular formula is H11Al3Cu3O28S5. The van der Waals surface area contributed by atoms with Crippen LogP contribution in [0.5, 0.6) is 0 Å². The molecule has 0 aromatic heterocycles. The largest absolute Gasteiger partial charge is 3.00 e. The second kappa shape index (κ2) is 59.6. The van der Waals surface area contributed by atoms with Gasteiger partial charge in [0, 0.05) is 52.0 Å². The zero-order valence-corrected chi connectivity index (χ0v) is 27.0. The van der Waals surface area contributed by atoms with Crippen LogP contribution in [0.4, 0.5) is 0 Å². The van der Waals surface area contributed by atoms with Gasteiger partial charge < -0.3 is 89.3 Å². The Morgan fingerprint density at radius 3 is 0.256 bits per heavy atom. The van der Waals surface area contributed by atoms with Crippen LogP contribution >= 0.6 is 0 Å². The summed E-state index contributed by atoms with van der Waals surface area (Å²) in [7, 11) is -25.8. The summed E-state index contributed by atoms with van der Waals surface area (Å²) >= 11 is 0. The first-order valence-corrected chi connectivity index (χ1v) is 10.0. The number of rotatable bonds is 0. The van der Waals surface area contributed by atoms with Crippen LogP contribution in [0.15, 0.2) is 0 Å². The number of hydrogen-bond acceptors (Lipinski definition) is 25. The number of hydrogen-bond donors (Lipinski definition) is 0. The summed E-state index contributed by atoms with van der Waals surface area (Å²) in [5.41, 5.74) is 0. The SMILES string of the molecule is O.O.O.O=S(=O)([O-])[O-].O=S(=O)([O-])[O-].O=S(=O)([O-])[O-].O=S(=O)([O-])[O-].O=S(=O)([O-])[O-].[Al+3].[Al+3].[Al+3].[Cu+2].[Cu+2].[Cu+2].[OH-].[OH-].[OH-].[OH-].[OH-]. The Kier molecular flexibility index (Phi) is 206. The first-order chi connectivity index (χ1) is 10.0. The van der Waals surface area contributed by atoms with Crippen LogP contribution in [-0.4, -0.2) is 184 Å². The van der Waals surface area contributed by atoms with Crippen molar-refractivity contribution in [3.05, 3.63) is 0 Å². The molecule has 0 saturated heterocycles. The van der Waals surface area contributed by atoms with Crippen molar-refractivity contribution in [2.75, 3.05) is 0 Å². The molecule has 28 nitrogen and oxygen atoms in total. The van der Waals surface area contributed by atoms with E-state index in [1.54, 1.807) is 0 Å². The van der Waals surface area contributed by atoms with E-state index in [0.717, 1.165) is 0 Å². The van der Waals surface area contributed by atoms with Gasteiger partial charge in [-0.2, -0.15) is 0 Å². The van der Waals surface area contributed by atoms with Gasteiger partial charge in [-0.25, -0.2) is 0 Å². The third-order valence-electron chi connectivity index (χ3n) is 0. The topological polar surface area (TPSA) is 646 Å². The molecule has 0 aliphatic rings. The van der Waals surface area contributed by atoms with Gasteiger partial charge in [0.05, 0.1) is 0 Å². The van der Waals surface area contributed by atoms with E-state index in [2.05, 4.69) is 0 Å². The average Bonchev–Trinajstić information content (AvgIpc) is 1.79. The van der Waals surface area contributed by atoms with E-state index in [4.69, 9.17) is 87.6 Å². The maximum atomic E-state index is 8.52. The zero-order chi connectivity index (χ0) is 22.5. The van der Waals surface area contributed by atoms with Crippen molar-refractivity contribution >= 4 is 104 Å². The first kappa shape index (κ1) is 135. The predicted molar refractivity (Wildman–Crippen MR) is 90.2 cm³/mol. The smallest absolute Gasteiger partial charge is 0.870 e. The molecule has 0 heterocycles. The van der Waals surface area contributed by atoms with E-state index in [0.29, 0.717) is 0 Å². The Morgan fingerprint density at radius 2 is 0.256 bits per heavy atom. The van der Waals surface area contributed by atoms with Crippen molar-refractivity contribution in [2.24, 2.45) is 0 Å². The second-order valence-corrected chi connectivity index (χ2v) is 6.12. The summed E-state index contributed by atoms with van der Waals surface area (Å²) in [5.74, 6) is 0. The fourth-order valence-corrected chi connectivity index (χ4v) is 0. The molecule has 0 fully saturated rings. The molecule has 0 saturated carbocycles. The first-order valence-electron chi connectivity index (χ1n) is 3.33. The Balaban J connectivity index is -0.00000000692. The van der Waals surface area contributed by atoms with E-state index in [-0.39, 0.29) is 147 Å². The Labute approximate surface area is 284 Å². The minimum Gasteiger partial charge on any atom is -0.870 e. The molecule has 0 aromatic rings. The van der Waals surface area contributed by atoms with Gasteiger partial charge in [0.15, 0.2) is 0 Å². The van der Waals surface area contributed by atoms with E-state index in [1.165, 1.54) is 0 Å². The fraction of sp³-hybridized carbons (Fsp3) is 0. The van der Waals surface area contributed by atoms with Crippen molar-refractivity contribution in [3.8, 4) is 0 Å². The van der Waals surface area contributed by atoms with Crippen LogP contribution in [0.1, 0.15) is 0 Å². The molecular weight excluding hydrogens is 880 g/mol. The average molecular weight is 891 g/mol. The summed E-state index contributed by atoms with van der Waals surface area (Å²) in [6, 6.07) is 0. The quantitative estimate of drug-likeness (QED) is 0.124. The molecule has 39 heteroatoms. The molecule has 0 aromatic carbocycles. The normalized spacial score (nSPS) is 7.44. The molecule has 39 heavy (non-hydrogen) atoms. The van der Waals surface area contributed by atoms with E-state index < -0.39 is 52.0 Å². The van der Waals surface area contributed by atoms with Gasteiger partial charge in [0.2, 0.25) is 0 Å². The van der Waals surface area contributed by atoms with Gasteiger partial charge in [-0.05, 0) is 0 Å². The maximum absolute atomic E-state index is 8.52. The molecule has 0 aliphatic carbocycles. The summed E-state index contributed by atoms with van der Waals surface area (Å²) in [4.78, 5) is 0. The van der Waals surface area contributed by atoms with Crippen LogP contribution < -0.4 is 0 Å². The van der Waals surface area contributed by atoms with Crippen LogP contribution in [0.25, 0.3) is 0 Å². The van der Waals surface area contributed by atoms with Crippen LogP contribution in [0.3, 0.4) is 0 Å². The monoisotopic (exact) mass is 889 g/mol. The van der Waals surface area contributed by atoms with Gasteiger partial charge in [0.1, 0.15) is 0 Å². The molecule has 0 rings (SSSR count). The molecule has 0 spiro atoms. The van der Waals surface area contributed by atoms with Crippen LogP contribution in [-0.2, 0) is 103 Å². The van der Waals surface area contributed by atoms with Crippen LogP contribution in [0.2, 0.25) is 0 Å². The molecule has 0 atom stereocenters. The van der Waals surface area contributed by atoms with Gasteiger partial charge in [-0.15, -0.1) is 0 Å². The predicted octanol–water partition coefficient (Wildman–Crippen LogP) is -11.2. The van der Waals surface area contributed by atoms with Gasteiger partial charge in [-0.3, -0.25) is 42.1 Å². The Hall–Kier alpha value is 2.19. The third kappa shape index (κ3) is 12300. The summed E-state index contributed by atoms with van der Waals surface area (Å²) in [5, 5.41) is 0. The van der Waals surface area contributed by atoms with Crippen molar-refractivity contribution in [1.29, 1.82) is 0 Å². The molecule has 0 unspecified atom stereocenters. The van der Waals surface area contributed by atoms with Crippen molar-refractivity contribution < 1.29 is 183 Å². The molecule has 251 valence electrons. The molecule has 0 aliphatic heterocycles. The van der Waals surface area contributed by atoms with E-state index >= 15 is 0 Å². The van der Waals surface area contributed by atoms with Crippen molar-refractivity contribution in [2.45, 2.75) is 0 Å². The molecule has 11 N–H and O–H groups in total. The zero-order valence-electron chi connectivity index (χ0n) is 16.6. The second-order valence-electron chi connectivity index (χ2n) is 2.04. The molecule has 3 radical (unpaired) electrons. The standard InChI is InChI=1S/3Al.3Cu.5H2O4S.8H2O/c;;;;;;5*1-5(2,3)4;;;;;;;;/h;;;;;;5*(H2,1,2,3,4);8*1H2/q3*+3;3*+2;;;;;;;;;;;;;/p-15. The van der Waals surface area contributed by atoms with Crippen molar-refractivity contribution in [3.63, 3.8) is 0 Å². The third-order valence-corrected chi connectivity index (χ3v) is 0. The van der Waals surface area contributed by atoms with Gasteiger partial charge in [0.25, 0.3) is 0 Å². The van der Waals surface area contributed by atoms with Gasteiger partial charge >= 0.3 is 103 Å². The van der Waals surface area contributed by atoms with Crippen LogP contribution in [0, 0.1) is 0 Å². The molecule has 0 amide bonds. The van der Waals surface area contributed by atoms with Gasteiger partial charge in [-0.1, -0.05) is 0 Å². The molecule has 0 bridgehead atoms. The van der Waals surface area contributed by atoms with E-state index in [9.17, 15) is 0 Å². The summed E-state index contributed by atoms with van der Waals surface area (Å²) in [6.45, 7) is 0. The Bertz CT molecular complexity index is 641. The minimum absolute atomic E-state index is 0. The minimum atomic E-state index is -5.17. The summed E-state index contributed by atoms with van der Waals surface area (Å²) < 4.78 is 170. The van der Waals surface area contributed by atoms with Crippen molar-refractivity contribution in [1.82, 2.24) is 0 Å². The Morgan fingerprint density at radius 1 is 0.256 bits per heavy atom. The summed E-state index contributed by atoms with van der Waals surface area (Å²) in [6.07, 6.45) is 0. The van der Waals surface area contributed by atoms with E-state index in [1.807, 2.05) is 0 Å².